The molecule has 3 heteroatoms. The molecule has 0 unspecified atom stereocenters. The first-order valence-corrected chi connectivity index (χ1v) is 4.53. The number of pyridine rings is 1. The molecule has 0 aromatic carbocycles. The third-order valence-electron chi connectivity index (χ3n) is 1.60. The van der Waals surface area contributed by atoms with Gasteiger partial charge in [0.1, 0.15) is 0 Å². The first-order valence-electron chi connectivity index (χ1n) is 4.53. The lowest BCUT2D eigenvalue weighted by Gasteiger charge is -2.16. The van der Waals surface area contributed by atoms with E-state index in [1.54, 1.807) is 24.5 Å². The molecule has 0 atom stereocenters. The van der Waals surface area contributed by atoms with Gasteiger partial charge in [-0.05, 0) is 24.5 Å². The molecule has 1 rings (SSSR count). The largest absolute Gasteiger partial charge is 0.326 e. The summed E-state index contributed by atoms with van der Waals surface area (Å²) in [6.45, 7) is 7.74. The Kier molecular flexibility index (Phi) is 3.23. The third-order valence-corrected chi connectivity index (χ3v) is 1.60. The molecule has 3 nitrogen and oxygen atoms in total. The van der Waals surface area contributed by atoms with Gasteiger partial charge in [0.2, 0.25) is 5.91 Å². The van der Waals surface area contributed by atoms with E-state index < -0.39 is 0 Å². The summed E-state index contributed by atoms with van der Waals surface area (Å²) < 4.78 is 0. The number of nitrogens with zero attached hydrogens (tertiary/aromatic N) is 1. The van der Waals surface area contributed by atoms with E-state index >= 15 is 0 Å². The lowest BCUT2D eigenvalue weighted by molar-refractivity contribution is -0.117. The number of hydrogen-bond acceptors (Lipinski definition) is 2. The number of aromatic nitrogens is 1. The number of hydrogen-bond donors (Lipinski definition) is 1. The van der Waals surface area contributed by atoms with Gasteiger partial charge >= 0.3 is 0 Å². The molecule has 14 heavy (non-hydrogen) atoms. The van der Waals surface area contributed by atoms with Crippen molar-refractivity contribution >= 4 is 11.6 Å². The Morgan fingerprint density at radius 2 is 2.07 bits per heavy atom. The van der Waals surface area contributed by atoms with Crippen LogP contribution in [0.15, 0.2) is 24.5 Å². The molecule has 75 valence electrons. The first-order chi connectivity index (χ1) is 6.47. The predicted molar refractivity (Wildman–Crippen MR) is 56.6 cm³/mol. The van der Waals surface area contributed by atoms with Gasteiger partial charge in [-0.15, -0.1) is 0 Å². The highest BCUT2D eigenvalue weighted by atomic mass is 16.1. The summed E-state index contributed by atoms with van der Waals surface area (Å²) >= 11 is 0. The highest BCUT2D eigenvalue weighted by Crippen LogP contribution is 2.18. The minimum atomic E-state index is -0.225. The Labute approximate surface area is 84.6 Å². The van der Waals surface area contributed by atoms with E-state index in [1.165, 1.54) is 0 Å². The van der Waals surface area contributed by atoms with E-state index in [0.717, 1.165) is 5.69 Å². The van der Waals surface area contributed by atoms with Crippen LogP contribution in [0.1, 0.15) is 20.3 Å². The van der Waals surface area contributed by atoms with E-state index in [-0.39, 0.29) is 11.3 Å². The molecule has 0 aliphatic rings. The molecule has 0 aliphatic heterocycles. The summed E-state index contributed by atoms with van der Waals surface area (Å²) in [5, 5.41) is 2.78. The third kappa shape index (κ3) is 4.03. The minimum Gasteiger partial charge on any atom is -0.326 e. The van der Waals surface area contributed by atoms with Crippen molar-refractivity contribution < 1.29 is 4.79 Å². The van der Waals surface area contributed by atoms with Crippen molar-refractivity contribution in [1.82, 2.24) is 4.98 Å². The molecule has 0 bridgehead atoms. The maximum absolute atomic E-state index is 11.5. The fourth-order valence-electron chi connectivity index (χ4n) is 1.08. The van der Waals surface area contributed by atoms with Gasteiger partial charge in [0, 0.05) is 24.5 Å². The van der Waals surface area contributed by atoms with Crippen molar-refractivity contribution in [3.63, 3.8) is 0 Å². The summed E-state index contributed by atoms with van der Waals surface area (Å²) in [6.07, 6.45) is 3.70. The van der Waals surface area contributed by atoms with Gasteiger partial charge in [0.25, 0.3) is 0 Å². The molecule has 1 heterocycles. The van der Waals surface area contributed by atoms with Gasteiger partial charge in [0.05, 0.1) is 0 Å². The maximum atomic E-state index is 11.5. The quantitative estimate of drug-likeness (QED) is 0.796. The minimum absolute atomic E-state index is 0.0174. The van der Waals surface area contributed by atoms with Crippen molar-refractivity contribution in [2.45, 2.75) is 20.3 Å². The molecule has 1 N–H and O–H groups in total. The second-order valence-corrected chi connectivity index (χ2v) is 4.13. The Hall–Kier alpha value is -1.38. The summed E-state index contributed by atoms with van der Waals surface area (Å²) in [4.78, 5) is 15.3. The molecule has 1 aromatic heterocycles. The zero-order chi connectivity index (χ0) is 10.6. The van der Waals surface area contributed by atoms with Crippen LogP contribution in [0.3, 0.4) is 0 Å². The zero-order valence-electron chi connectivity index (χ0n) is 8.58. The van der Waals surface area contributed by atoms with Crippen molar-refractivity contribution in [1.29, 1.82) is 0 Å². The van der Waals surface area contributed by atoms with Crippen LogP contribution >= 0.6 is 0 Å². The van der Waals surface area contributed by atoms with Gasteiger partial charge in [-0.2, -0.15) is 0 Å². The number of anilines is 1. The molecule has 1 aromatic rings. The number of carbonyl (C=O) groups is 1. The summed E-state index contributed by atoms with van der Waals surface area (Å²) in [7, 11) is 0. The predicted octanol–water partition coefficient (Wildman–Crippen LogP) is 2.27. The summed E-state index contributed by atoms with van der Waals surface area (Å²) in [5.74, 6) is -0.0174. The van der Waals surface area contributed by atoms with Gasteiger partial charge in [0.15, 0.2) is 0 Å². The Bertz CT molecular complexity index is 301. The monoisotopic (exact) mass is 191 g/mol. The Balaban J connectivity index is 2.50. The molecule has 0 saturated carbocycles. The molecule has 0 aliphatic carbocycles. The molecular formula is C11H15N2O. The Morgan fingerprint density at radius 3 is 2.57 bits per heavy atom. The summed E-state index contributed by atoms with van der Waals surface area (Å²) in [5.41, 5.74) is 0.547. The lowest BCUT2D eigenvalue weighted by Crippen LogP contribution is -2.19. The SMILES string of the molecule is [CH2]C(C)(C)CC(=O)Nc1ccncc1. The maximum Gasteiger partial charge on any atom is 0.224 e. The van der Waals surface area contributed by atoms with Crippen molar-refractivity contribution in [2.75, 3.05) is 5.32 Å². The first kappa shape index (κ1) is 10.7. The number of rotatable bonds is 3. The molecule has 0 spiro atoms. The lowest BCUT2D eigenvalue weighted by atomic mass is 9.92. The standard InChI is InChI=1S/C11H15N2O/c1-11(2,3)8-10(14)13-9-4-6-12-7-5-9/h4-7H,1,8H2,2-3H3,(H,12,13,14). The smallest absolute Gasteiger partial charge is 0.224 e. The van der Waals surface area contributed by atoms with E-state index in [2.05, 4.69) is 17.2 Å². The zero-order valence-corrected chi connectivity index (χ0v) is 8.58. The van der Waals surface area contributed by atoms with Crippen LogP contribution in [-0.4, -0.2) is 10.9 Å². The molecule has 0 saturated heterocycles. The molecular weight excluding hydrogens is 176 g/mol. The van der Waals surface area contributed by atoms with Gasteiger partial charge in [-0.3, -0.25) is 9.78 Å². The topological polar surface area (TPSA) is 42.0 Å². The van der Waals surface area contributed by atoms with Crippen LogP contribution < -0.4 is 5.32 Å². The second-order valence-electron chi connectivity index (χ2n) is 4.13. The number of nitrogens with one attached hydrogen (secondary N) is 1. The van der Waals surface area contributed by atoms with Gasteiger partial charge in [-0.25, -0.2) is 0 Å². The molecule has 1 amide bonds. The highest BCUT2D eigenvalue weighted by Gasteiger charge is 2.15. The number of amides is 1. The van der Waals surface area contributed by atoms with Crippen LogP contribution in [0.2, 0.25) is 0 Å². The van der Waals surface area contributed by atoms with Crippen molar-refractivity contribution in [2.24, 2.45) is 5.41 Å². The van der Waals surface area contributed by atoms with Crippen LogP contribution in [-0.2, 0) is 4.79 Å². The average molecular weight is 191 g/mol. The Morgan fingerprint density at radius 1 is 1.50 bits per heavy atom. The molecule has 1 radical (unpaired) electrons. The summed E-state index contributed by atoms with van der Waals surface area (Å²) in [6, 6.07) is 3.52. The van der Waals surface area contributed by atoms with Crippen LogP contribution in [0.25, 0.3) is 0 Å². The van der Waals surface area contributed by atoms with Crippen LogP contribution in [0, 0.1) is 12.3 Å². The van der Waals surface area contributed by atoms with Crippen molar-refractivity contribution in [3.05, 3.63) is 31.5 Å². The molecule has 0 fully saturated rings. The fraction of sp³-hybridized carbons (Fsp3) is 0.364. The normalized spacial score (nSPS) is 11.1. The van der Waals surface area contributed by atoms with E-state index in [9.17, 15) is 4.79 Å². The van der Waals surface area contributed by atoms with Gasteiger partial charge in [-0.1, -0.05) is 13.8 Å². The highest BCUT2D eigenvalue weighted by molar-refractivity contribution is 5.91. The average Bonchev–Trinajstić information content (AvgIpc) is 2.02. The van der Waals surface area contributed by atoms with Gasteiger partial charge < -0.3 is 5.32 Å². The van der Waals surface area contributed by atoms with Crippen LogP contribution in [0.4, 0.5) is 5.69 Å². The van der Waals surface area contributed by atoms with Crippen LogP contribution in [0.5, 0.6) is 0 Å². The number of carbonyl (C=O) groups excluding carboxylic acids is 1. The van der Waals surface area contributed by atoms with Crippen molar-refractivity contribution in [3.8, 4) is 0 Å². The second kappa shape index (κ2) is 4.22. The van der Waals surface area contributed by atoms with E-state index in [4.69, 9.17) is 0 Å². The van der Waals surface area contributed by atoms with E-state index in [0.29, 0.717) is 6.42 Å². The fourth-order valence-corrected chi connectivity index (χ4v) is 1.08. The van der Waals surface area contributed by atoms with E-state index in [1.807, 2.05) is 13.8 Å².